The van der Waals surface area contributed by atoms with E-state index in [1.54, 1.807) is 19.2 Å². The van der Waals surface area contributed by atoms with Crippen molar-refractivity contribution in [2.24, 2.45) is 0 Å². The van der Waals surface area contributed by atoms with Crippen LogP contribution >= 0.6 is 0 Å². The molecule has 0 N–H and O–H groups in total. The summed E-state index contributed by atoms with van der Waals surface area (Å²) in [4.78, 5) is 20.2. The second kappa shape index (κ2) is 8.13. The Morgan fingerprint density at radius 2 is 1.83 bits per heavy atom. The number of nitrogens with zero attached hydrogens (tertiary/aromatic N) is 5. The second-order valence-electron chi connectivity index (χ2n) is 6.55. The van der Waals surface area contributed by atoms with E-state index in [1.807, 2.05) is 0 Å². The van der Waals surface area contributed by atoms with E-state index >= 15 is 0 Å². The van der Waals surface area contributed by atoms with Gasteiger partial charge in [-0.25, -0.2) is 17.1 Å². The first-order chi connectivity index (χ1) is 13.7. The first-order valence-electron chi connectivity index (χ1n) is 8.58. The van der Waals surface area contributed by atoms with Crippen LogP contribution in [0.1, 0.15) is 5.56 Å². The molecule has 0 spiro atoms. The molecule has 3 aromatic rings. The number of halogens is 1. The van der Waals surface area contributed by atoms with Gasteiger partial charge in [0.05, 0.1) is 4.90 Å². The van der Waals surface area contributed by atoms with Gasteiger partial charge in [-0.3, -0.25) is 4.79 Å². The highest BCUT2D eigenvalue weighted by Gasteiger charge is 2.20. The van der Waals surface area contributed by atoms with Crippen molar-refractivity contribution in [1.82, 2.24) is 24.4 Å². The zero-order valence-corrected chi connectivity index (χ0v) is 16.9. The Balaban J connectivity index is 1.71. The molecule has 0 unspecified atom stereocenters. The van der Waals surface area contributed by atoms with Gasteiger partial charge in [0.1, 0.15) is 16.9 Å². The summed E-state index contributed by atoms with van der Waals surface area (Å²) in [5.74, 6) is -0.685. The van der Waals surface area contributed by atoms with E-state index in [0.29, 0.717) is 11.0 Å². The average Bonchev–Trinajstić information content (AvgIpc) is 3.10. The monoisotopic (exact) mass is 421 g/mol. The molecular formula is C18H20FN5O4S. The largest absolute Gasteiger partial charge is 0.385 e. The highest BCUT2D eigenvalue weighted by Crippen LogP contribution is 2.19. The summed E-state index contributed by atoms with van der Waals surface area (Å²) in [5.41, 5.74) is 1.52. The molecule has 2 aromatic carbocycles. The van der Waals surface area contributed by atoms with Crippen LogP contribution in [0.25, 0.3) is 11.0 Å². The van der Waals surface area contributed by atoms with Crippen LogP contribution in [-0.2, 0) is 21.4 Å². The van der Waals surface area contributed by atoms with Gasteiger partial charge in [0.15, 0.2) is 6.61 Å². The maximum atomic E-state index is 13.0. The summed E-state index contributed by atoms with van der Waals surface area (Å²) in [5, 5.41) is 7.72. The fraction of sp³-hybridized carbons (Fsp3) is 0.278. The molecule has 0 atom stereocenters. The fourth-order valence-corrected chi connectivity index (χ4v) is 3.45. The van der Waals surface area contributed by atoms with Gasteiger partial charge >= 0.3 is 0 Å². The van der Waals surface area contributed by atoms with E-state index in [4.69, 9.17) is 4.84 Å². The summed E-state index contributed by atoms with van der Waals surface area (Å²) in [6.07, 6.45) is 0. The van der Waals surface area contributed by atoms with Crippen molar-refractivity contribution in [1.29, 1.82) is 0 Å². The van der Waals surface area contributed by atoms with Crippen molar-refractivity contribution in [2.75, 3.05) is 27.7 Å². The van der Waals surface area contributed by atoms with E-state index in [0.717, 1.165) is 14.7 Å². The van der Waals surface area contributed by atoms with Crippen LogP contribution < -0.4 is 4.84 Å². The third-order valence-corrected chi connectivity index (χ3v) is 6.05. The number of benzene rings is 2. The van der Waals surface area contributed by atoms with Crippen LogP contribution in [0.15, 0.2) is 47.4 Å². The quantitative estimate of drug-likeness (QED) is 0.563. The number of amides is 1. The van der Waals surface area contributed by atoms with Crippen molar-refractivity contribution >= 4 is 27.0 Å². The zero-order valence-electron chi connectivity index (χ0n) is 16.1. The van der Waals surface area contributed by atoms with E-state index < -0.39 is 10.0 Å². The Morgan fingerprint density at radius 3 is 2.48 bits per heavy atom. The number of sulfonamides is 1. The van der Waals surface area contributed by atoms with Crippen LogP contribution in [0.3, 0.4) is 0 Å². The highest BCUT2D eigenvalue weighted by molar-refractivity contribution is 7.89. The summed E-state index contributed by atoms with van der Waals surface area (Å²) < 4.78 is 38.7. The van der Waals surface area contributed by atoms with Gasteiger partial charge in [0, 0.05) is 27.7 Å². The fourth-order valence-electron chi connectivity index (χ4n) is 2.52. The number of likely N-dealkylation sites (N-methyl/N-ethyl adjacent to an activating group) is 1. The Bertz CT molecular complexity index is 1130. The maximum Gasteiger partial charge on any atom is 0.263 e. The average molecular weight is 421 g/mol. The summed E-state index contributed by atoms with van der Waals surface area (Å²) in [6.45, 7) is -0.0490. The Hall–Kier alpha value is -3.05. The van der Waals surface area contributed by atoms with Crippen molar-refractivity contribution in [3.05, 3.63) is 53.8 Å². The van der Waals surface area contributed by atoms with E-state index in [9.17, 15) is 17.6 Å². The highest BCUT2D eigenvalue weighted by atomic mass is 32.2. The Kier molecular flexibility index (Phi) is 5.80. The molecule has 0 aliphatic heterocycles. The number of fused-ring (bicyclic) bond motifs is 1. The van der Waals surface area contributed by atoms with Crippen LogP contribution in [0.5, 0.6) is 0 Å². The van der Waals surface area contributed by atoms with Crippen LogP contribution in [0, 0.1) is 5.82 Å². The van der Waals surface area contributed by atoms with Crippen molar-refractivity contribution in [3.8, 4) is 0 Å². The Morgan fingerprint density at radius 1 is 1.14 bits per heavy atom. The lowest BCUT2D eigenvalue weighted by molar-refractivity contribution is -0.136. The van der Waals surface area contributed by atoms with E-state index in [1.165, 1.54) is 49.3 Å². The first-order valence-corrected chi connectivity index (χ1v) is 10.0. The lowest BCUT2D eigenvalue weighted by Crippen LogP contribution is -2.33. The maximum absolute atomic E-state index is 13.0. The number of rotatable bonds is 7. The molecule has 11 heteroatoms. The molecule has 1 aromatic heterocycles. The zero-order chi connectivity index (χ0) is 21.2. The summed E-state index contributed by atoms with van der Waals surface area (Å²) >= 11 is 0. The number of carbonyl (C=O) groups excluding carboxylic acids is 1. The number of hydrogen-bond donors (Lipinski definition) is 0. The molecule has 0 aliphatic carbocycles. The molecule has 0 radical (unpaired) electrons. The molecule has 154 valence electrons. The molecule has 0 saturated heterocycles. The summed E-state index contributed by atoms with van der Waals surface area (Å²) in [6, 6.07) is 10.2. The van der Waals surface area contributed by atoms with Gasteiger partial charge in [-0.15, -0.1) is 5.10 Å². The first kappa shape index (κ1) is 20.7. The van der Waals surface area contributed by atoms with Crippen molar-refractivity contribution in [3.63, 3.8) is 0 Å². The van der Waals surface area contributed by atoms with E-state index in [-0.39, 0.29) is 29.8 Å². The van der Waals surface area contributed by atoms with E-state index in [2.05, 4.69) is 10.3 Å². The minimum atomic E-state index is -3.64. The van der Waals surface area contributed by atoms with Gasteiger partial charge in [0.25, 0.3) is 5.91 Å². The normalized spacial score (nSPS) is 11.8. The third kappa shape index (κ3) is 4.51. The van der Waals surface area contributed by atoms with Gasteiger partial charge < -0.3 is 9.74 Å². The molecule has 0 bridgehead atoms. The minimum Gasteiger partial charge on any atom is -0.385 e. The standard InChI is InChI=1S/C18H20FN5O4S/c1-22(2)29(26,27)15-8-9-16-17(10-15)24(21-20-16)28-12-18(25)23(3)11-13-4-6-14(19)7-5-13/h4-10H,11-12H2,1-3H3. The second-order valence-corrected chi connectivity index (χ2v) is 8.70. The number of aromatic nitrogens is 3. The van der Waals surface area contributed by atoms with Crippen molar-refractivity contribution < 1.29 is 22.4 Å². The molecule has 29 heavy (non-hydrogen) atoms. The predicted molar refractivity (Wildman–Crippen MR) is 103 cm³/mol. The molecule has 3 rings (SSSR count). The number of carbonyl (C=O) groups is 1. The molecule has 9 nitrogen and oxygen atoms in total. The van der Waals surface area contributed by atoms with Gasteiger partial charge in [-0.2, -0.15) is 0 Å². The lowest BCUT2D eigenvalue weighted by Gasteiger charge is -2.17. The molecule has 1 heterocycles. The van der Waals surface area contributed by atoms with Gasteiger partial charge in [-0.1, -0.05) is 17.0 Å². The topological polar surface area (TPSA) is 97.6 Å². The molecule has 1 amide bonds. The van der Waals surface area contributed by atoms with Crippen molar-refractivity contribution in [2.45, 2.75) is 11.4 Å². The lowest BCUT2D eigenvalue weighted by atomic mass is 10.2. The molecule has 0 aliphatic rings. The molecule has 0 fully saturated rings. The smallest absolute Gasteiger partial charge is 0.263 e. The minimum absolute atomic E-state index is 0.0573. The van der Waals surface area contributed by atoms with Crippen LogP contribution in [-0.4, -0.2) is 66.4 Å². The van der Waals surface area contributed by atoms with Gasteiger partial charge in [0.2, 0.25) is 10.0 Å². The van der Waals surface area contributed by atoms with Crippen LogP contribution in [0.4, 0.5) is 4.39 Å². The Labute approximate surface area is 167 Å². The van der Waals surface area contributed by atoms with Crippen LogP contribution in [0.2, 0.25) is 0 Å². The SMILES string of the molecule is CN(Cc1ccc(F)cc1)C(=O)COn1nnc2ccc(S(=O)(=O)N(C)C)cc21. The van der Waals surface area contributed by atoms with Gasteiger partial charge in [-0.05, 0) is 41.1 Å². The third-order valence-electron chi connectivity index (χ3n) is 4.23. The number of hydrogen-bond acceptors (Lipinski definition) is 6. The molecular weight excluding hydrogens is 401 g/mol. The summed E-state index contributed by atoms with van der Waals surface area (Å²) in [7, 11) is 0.819. The predicted octanol–water partition coefficient (Wildman–Crippen LogP) is 0.908. The molecule has 0 saturated carbocycles.